The number of hydrogen-bond donors (Lipinski definition) is 1. The molecule has 2 nitrogen and oxygen atoms in total. The number of methoxy groups -OCH3 is 1. The third kappa shape index (κ3) is 3.33. The number of benzene rings is 2. The van der Waals surface area contributed by atoms with E-state index in [1.165, 1.54) is 31.4 Å². The molecule has 6 heteroatoms. The van der Waals surface area contributed by atoms with Gasteiger partial charge >= 0.3 is 6.18 Å². The summed E-state index contributed by atoms with van der Waals surface area (Å²) in [6.07, 6.45) is -6.25. The van der Waals surface area contributed by atoms with Gasteiger partial charge in [0.2, 0.25) is 0 Å². The van der Waals surface area contributed by atoms with Crippen LogP contribution in [0.1, 0.15) is 22.8 Å². The summed E-state index contributed by atoms with van der Waals surface area (Å²) in [7, 11) is 1.44. The van der Waals surface area contributed by atoms with E-state index in [-0.39, 0.29) is 5.56 Å². The van der Waals surface area contributed by atoms with Gasteiger partial charge in [0, 0.05) is 5.56 Å². The van der Waals surface area contributed by atoms with Gasteiger partial charge in [-0.3, -0.25) is 0 Å². The Morgan fingerprint density at radius 2 is 1.67 bits per heavy atom. The minimum Gasteiger partial charge on any atom is -0.497 e. The van der Waals surface area contributed by atoms with Crippen LogP contribution in [-0.4, -0.2) is 12.2 Å². The number of aliphatic hydroxyl groups excluding tert-OH is 1. The van der Waals surface area contributed by atoms with E-state index < -0.39 is 29.2 Å². The maximum atomic E-state index is 13.2. The van der Waals surface area contributed by atoms with Crippen molar-refractivity contribution in [2.45, 2.75) is 12.3 Å². The SMILES string of the molecule is COc1ccc(C(O)c2cc(F)ccc2C(F)(F)F)cc1. The number of rotatable bonds is 3. The summed E-state index contributed by atoms with van der Waals surface area (Å²) < 4.78 is 56.9. The first-order valence-corrected chi connectivity index (χ1v) is 6.01. The molecule has 0 saturated carbocycles. The third-order valence-corrected chi connectivity index (χ3v) is 3.05. The molecular formula is C15H12F4O2. The second-order valence-corrected chi connectivity index (χ2v) is 4.41. The summed E-state index contributed by atoms with van der Waals surface area (Å²) in [6, 6.07) is 7.89. The maximum absolute atomic E-state index is 13.2. The van der Waals surface area contributed by atoms with E-state index in [2.05, 4.69) is 0 Å². The Bertz CT molecular complexity index is 621. The molecule has 0 spiro atoms. The quantitative estimate of drug-likeness (QED) is 0.870. The summed E-state index contributed by atoms with van der Waals surface area (Å²) in [4.78, 5) is 0. The van der Waals surface area contributed by atoms with Gasteiger partial charge in [-0.05, 0) is 35.9 Å². The topological polar surface area (TPSA) is 29.5 Å². The first-order valence-electron chi connectivity index (χ1n) is 6.01. The molecule has 0 saturated heterocycles. The lowest BCUT2D eigenvalue weighted by Crippen LogP contribution is -2.13. The Labute approximate surface area is 118 Å². The van der Waals surface area contributed by atoms with Crippen LogP contribution in [0.25, 0.3) is 0 Å². The number of ether oxygens (including phenoxy) is 1. The molecule has 0 fully saturated rings. The standard InChI is InChI=1S/C15H12F4O2/c1-21-11-5-2-9(3-6-11)14(20)12-8-10(16)4-7-13(12)15(17,18)19/h2-8,14,20H,1H3. The predicted molar refractivity (Wildman–Crippen MR) is 68.5 cm³/mol. The molecule has 0 radical (unpaired) electrons. The van der Waals surface area contributed by atoms with Gasteiger partial charge in [-0.25, -0.2) is 4.39 Å². The van der Waals surface area contributed by atoms with Gasteiger partial charge in [-0.2, -0.15) is 13.2 Å². The Morgan fingerprint density at radius 3 is 2.19 bits per heavy atom. The van der Waals surface area contributed by atoms with Crippen molar-refractivity contribution in [3.05, 3.63) is 65.0 Å². The van der Waals surface area contributed by atoms with Crippen molar-refractivity contribution in [3.63, 3.8) is 0 Å². The van der Waals surface area contributed by atoms with Gasteiger partial charge in [0.1, 0.15) is 17.7 Å². The van der Waals surface area contributed by atoms with Crippen LogP contribution >= 0.6 is 0 Å². The molecule has 21 heavy (non-hydrogen) atoms. The summed E-state index contributed by atoms with van der Waals surface area (Å²) in [5.41, 5.74) is -1.37. The summed E-state index contributed by atoms with van der Waals surface area (Å²) >= 11 is 0. The van der Waals surface area contributed by atoms with Crippen molar-refractivity contribution in [1.82, 2.24) is 0 Å². The van der Waals surface area contributed by atoms with Crippen LogP contribution in [0.4, 0.5) is 17.6 Å². The summed E-state index contributed by atoms with van der Waals surface area (Å²) in [5.74, 6) is -0.341. The van der Waals surface area contributed by atoms with Crippen molar-refractivity contribution < 1.29 is 27.4 Å². The highest BCUT2D eigenvalue weighted by atomic mass is 19.4. The smallest absolute Gasteiger partial charge is 0.416 e. The molecule has 1 atom stereocenters. The third-order valence-electron chi connectivity index (χ3n) is 3.05. The Kier molecular flexibility index (Phi) is 4.18. The predicted octanol–water partition coefficient (Wildman–Crippen LogP) is 3.93. The van der Waals surface area contributed by atoms with Crippen molar-refractivity contribution in [2.75, 3.05) is 7.11 Å². The van der Waals surface area contributed by atoms with E-state index in [0.29, 0.717) is 23.9 Å². The highest BCUT2D eigenvalue weighted by Crippen LogP contribution is 2.37. The highest BCUT2D eigenvalue weighted by Gasteiger charge is 2.35. The molecule has 2 rings (SSSR count). The van der Waals surface area contributed by atoms with Crippen LogP contribution in [-0.2, 0) is 6.18 Å². The van der Waals surface area contributed by atoms with Gasteiger partial charge in [0.05, 0.1) is 12.7 Å². The number of halogens is 4. The molecular weight excluding hydrogens is 288 g/mol. The van der Waals surface area contributed by atoms with E-state index in [4.69, 9.17) is 4.74 Å². The molecule has 112 valence electrons. The zero-order valence-corrected chi connectivity index (χ0v) is 11.0. The Balaban J connectivity index is 2.46. The normalized spacial score (nSPS) is 13.0. The zero-order valence-electron chi connectivity index (χ0n) is 11.0. The number of aliphatic hydroxyl groups is 1. The van der Waals surface area contributed by atoms with E-state index in [9.17, 15) is 22.7 Å². The molecule has 0 aromatic heterocycles. The lowest BCUT2D eigenvalue weighted by atomic mass is 9.96. The van der Waals surface area contributed by atoms with Crippen LogP contribution in [0.5, 0.6) is 5.75 Å². The second kappa shape index (κ2) is 5.73. The summed E-state index contributed by atoms with van der Waals surface area (Å²) in [6.45, 7) is 0. The molecule has 0 bridgehead atoms. The van der Waals surface area contributed by atoms with Crippen molar-refractivity contribution in [3.8, 4) is 5.75 Å². The van der Waals surface area contributed by atoms with Crippen LogP contribution in [0.3, 0.4) is 0 Å². The molecule has 1 N–H and O–H groups in total. The lowest BCUT2D eigenvalue weighted by molar-refractivity contribution is -0.139. The van der Waals surface area contributed by atoms with Crippen molar-refractivity contribution >= 4 is 0 Å². The molecule has 0 heterocycles. The van der Waals surface area contributed by atoms with Crippen LogP contribution < -0.4 is 4.74 Å². The minimum atomic E-state index is -4.67. The van der Waals surface area contributed by atoms with E-state index in [1.807, 2.05) is 0 Å². The average molecular weight is 300 g/mol. The maximum Gasteiger partial charge on any atom is 0.416 e. The highest BCUT2D eigenvalue weighted by molar-refractivity contribution is 5.39. The van der Waals surface area contributed by atoms with Gasteiger partial charge < -0.3 is 9.84 Å². The van der Waals surface area contributed by atoms with Gasteiger partial charge in [0.25, 0.3) is 0 Å². The van der Waals surface area contributed by atoms with Crippen LogP contribution in [0.2, 0.25) is 0 Å². The van der Waals surface area contributed by atoms with Gasteiger partial charge in [-0.1, -0.05) is 12.1 Å². The Hall–Kier alpha value is -2.08. The Morgan fingerprint density at radius 1 is 1.05 bits per heavy atom. The lowest BCUT2D eigenvalue weighted by Gasteiger charge is -2.18. The molecule has 0 amide bonds. The van der Waals surface area contributed by atoms with Crippen LogP contribution in [0, 0.1) is 5.82 Å². The summed E-state index contributed by atoms with van der Waals surface area (Å²) in [5, 5.41) is 10.1. The second-order valence-electron chi connectivity index (χ2n) is 4.41. The molecule has 0 aliphatic heterocycles. The van der Waals surface area contributed by atoms with Gasteiger partial charge in [-0.15, -0.1) is 0 Å². The fourth-order valence-corrected chi connectivity index (χ4v) is 1.98. The fourth-order valence-electron chi connectivity index (χ4n) is 1.98. The minimum absolute atomic E-state index is 0.215. The largest absolute Gasteiger partial charge is 0.497 e. The van der Waals surface area contributed by atoms with Crippen molar-refractivity contribution in [1.29, 1.82) is 0 Å². The zero-order chi connectivity index (χ0) is 15.6. The molecule has 0 aliphatic rings. The first-order chi connectivity index (χ1) is 9.82. The van der Waals surface area contributed by atoms with E-state index in [0.717, 1.165) is 0 Å². The number of hydrogen-bond acceptors (Lipinski definition) is 2. The molecule has 0 aliphatic carbocycles. The molecule has 2 aromatic rings. The molecule has 2 aromatic carbocycles. The monoisotopic (exact) mass is 300 g/mol. The van der Waals surface area contributed by atoms with Gasteiger partial charge in [0.15, 0.2) is 0 Å². The fraction of sp³-hybridized carbons (Fsp3) is 0.200. The van der Waals surface area contributed by atoms with Crippen LogP contribution in [0.15, 0.2) is 42.5 Å². The number of alkyl halides is 3. The van der Waals surface area contributed by atoms with E-state index in [1.54, 1.807) is 0 Å². The molecule has 1 unspecified atom stereocenters. The van der Waals surface area contributed by atoms with Crippen molar-refractivity contribution in [2.24, 2.45) is 0 Å². The first kappa shape index (κ1) is 15.3. The average Bonchev–Trinajstić information content (AvgIpc) is 2.45. The van der Waals surface area contributed by atoms with E-state index >= 15 is 0 Å².